The fourth-order valence-corrected chi connectivity index (χ4v) is 4.57. The number of aromatic nitrogens is 2. The van der Waals surface area contributed by atoms with Crippen LogP contribution in [-0.4, -0.2) is 30.8 Å². The van der Waals surface area contributed by atoms with Crippen LogP contribution in [0.5, 0.6) is 0 Å². The Morgan fingerprint density at radius 1 is 0.969 bits per heavy atom. The summed E-state index contributed by atoms with van der Waals surface area (Å²) >= 11 is 0. The van der Waals surface area contributed by atoms with Gasteiger partial charge in [-0.3, -0.25) is 9.52 Å². The van der Waals surface area contributed by atoms with Gasteiger partial charge in [0.25, 0.3) is 15.9 Å². The highest BCUT2D eigenvalue weighted by Gasteiger charge is 2.19. The number of sulfonamides is 1. The van der Waals surface area contributed by atoms with E-state index in [1.807, 2.05) is 43.3 Å². The lowest BCUT2D eigenvalue weighted by Crippen LogP contribution is -2.27. The fraction of sp³-hybridized carbons (Fsp3) is 0.167. The van der Waals surface area contributed by atoms with Gasteiger partial charge in [-0.15, -0.1) is 0 Å². The second-order valence-electron chi connectivity index (χ2n) is 7.60. The lowest BCUT2D eigenvalue weighted by atomic mass is 10.1. The van der Waals surface area contributed by atoms with Crippen LogP contribution in [0.1, 0.15) is 27.3 Å². The van der Waals surface area contributed by atoms with Crippen LogP contribution in [0.2, 0.25) is 0 Å². The number of para-hydroxylation sites is 3. The van der Waals surface area contributed by atoms with Crippen molar-refractivity contribution in [2.75, 3.05) is 11.3 Å². The molecule has 3 N–H and O–H groups in total. The maximum atomic E-state index is 12.9. The van der Waals surface area contributed by atoms with E-state index in [2.05, 4.69) is 20.0 Å². The molecule has 1 heterocycles. The lowest BCUT2D eigenvalue weighted by molar-refractivity contribution is 0.0953. The van der Waals surface area contributed by atoms with Gasteiger partial charge >= 0.3 is 0 Å². The number of fused-ring (bicyclic) bond motifs is 1. The van der Waals surface area contributed by atoms with Gasteiger partial charge in [0.05, 0.1) is 21.6 Å². The summed E-state index contributed by atoms with van der Waals surface area (Å²) in [7, 11) is -3.83. The number of aryl methyl sites for hydroxylation is 2. The summed E-state index contributed by atoms with van der Waals surface area (Å²) in [4.78, 5) is 20.5. The first-order valence-corrected chi connectivity index (χ1v) is 11.7. The number of nitrogens with zero attached hydrogens (tertiary/aromatic N) is 1. The Morgan fingerprint density at radius 2 is 1.72 bits per heavy atom. The van der Waals surface area contributed by atoms with Crippen molar-refractivity contribution in [3.05, 3.63) is 89.2 Å². The standard InChI is InChI=1S/C24H24N4O3S/c1-16-11-12-18(32(30,31)28-20-8-4-3-7-17(20)2)15-19(16)24(29)25-14-13-23-26-21-9-5-6-10-22(21)27-23/h3-12,15,28H,13-14H2,1-2H3,(H,25,29)(H,26,27). The molecular weight excluding hydrogens is 424 g/mol. The van der Waals surface area contributed by atoms with Gasteiger partial charge in [-0.2, -0.15) is 0 Å². The SMILES string of the molecule is Cc1ccccc1NS(=O)(=O)c1ccc(C)c(C(=O)NCCc2nc3ccccc3[nH]2)c1. The molecule has 0 saturated heterocycles. The summed E-state index contributed by atoms with van der Waals surface area (Å²) in [6.07, 6.45) is 0.534. The van der Waals surface area contributed by atoms with E-state index in [4.69, 9.17) is 0 Å². The number of carbonyl (C=O) groups excluding carboxylic acids is 1. The summed E-state index contributed by atoms with van der Waals surface area (Å²) < 4.78 is 28.3. The molecule has 32 heavy (non-hydrogen) atoms. The molecule has 164 valence electrons. The number of aromatic amines is 1. The first-order valence-electron chi connectivity index (χ1n) is 10.2. The summed E-state index contributed by atoms with van der Waals surface area (Å²) in [5, 5.41) is 2.86. The number of anilines is 1. The first kappa shape index (κ1) is 21.6. The van der Waals surface area contributed by atoms with Crippen molar-refractivity contribution >= 4 is 32.7 Å². The molecule has 3 aromatic carbocycles. The zero-order valence-corrected chi connectivity index (χ0v) is 18.7. The van der Waals surface area contributed by atoms with Crippen molar-refractivity contribution < 1.29 is 13.2 Å². The number of carbonyl (C=O) groups is 1. The first-order chi connectivity index (χ1) is 15.3. The fourth-order valence-electron chi connectivity index (χ4n) is 3.42. The van der Waals surface area contributed by atoms with Crippen molar-refractivity contribution in [3.8, 4) is 0 Å². The van der Waals surface area contributed by atoms with Gasteiger partial charge in [0.1, 0.15) is 5.82 Å². The predicted octanol–water partition coefficient (Wildman–Crippen LogP) is 3.95. The van der Waals surface area contributed by atoms with Gasteiger partial charge in [0, 0.05) is 18.5 Å². The molecule has 0 saturated carbocycles. The number of rotatable bonds is 7. The smallest absolute Gasteiger partial charge is 0.261 e. The largest absolute Gasteiger partial charge is 0.352 e. The number of benzene rings is 3. The van der Waals surface area contributed by atoms with Crippen LogP contribution < -0.4 is 10.0 Å². The highest BCUT2D eigenvalue weighted by Crippen LogP contribution is 2.21. The molecule has 0 spiro atoms. The number of imidazole rings is 1. The third-order valence-corrected chi connectivity index (χ3v) is 6.60. The van der Waals surface area contributed by atoms with Crippen LogP contribution in [0.25, 0.3) is 11.0 Å². The predicted molar refractivity (Wildman–Crippen MR) is 125 cm³/mol. The maximum Gasteiger partial charge on any atom is 0.261 e. The van der Waals surface area contributed by atoms with E-state index in [1.165, 1.54) is 12.1 Å². The number of H-pyrrole nitrogens is 1. The van der Waals surface area contributed by atoms with E-state index < -0.39 is 10.0 Å². The molecule has 0 aliphatic rings. The maximum absolute atomic E-state index is 12.9. The normalized spacial score (nSPS) is 11.4. The molecule has 0 bridgehead atoms. The Hall–Kier alpha value is -3.65. The third-order valence-electron chi connectivity index (χ3n) is 5.24. The second kappa shape index (κ2) is 8.84. The molecule has 0 atom stereocenters. The topological polar surface area (TPSA) is 104 Å². The van der Waals surface area contributed by atoms with Crippen molar-refractivity contribution in [2.24, 2.45) is 0 Å². The molecule has 4 aromatic rings. The molecule has 7 nitrogen and oxygen atoms in total. The van der Waals surface area contributed by atoms with Crippen molar-refractivity contribution in [1.82, 2.24) is 15.3 Å². The Kier molecular flexibility index (Phi) is 5.96. The Morgan fingerprint density at radius 3 is 2.50 bits per heavy atom. The van der Waals surface area contributed by atoms with Crippen LogP contribution in [0.4, 0.5) is 5.69 Å². The van der Waals surface area contributed by atoms with Crippen molar-refractivity contribution in [2.45, 2.75) is 25.2 Å². The Balaban J connectivity index is 1.46. The van der Waals surface area contributed by atoms with Gasteiger partial charge in [0.2, 0.25) is 0 Å². The van der Waals surface area contributed by atoms with Gasteiger partial charge in [-0.1, -0.05) is 36.4 Å². The number of amides is 1. The zero-order valence-electron chi connectivity index (χ0n) is 17.8. The van der Waals surface area contributed by atoms with Crippen molar-refractivity contribution in [3.63, 3.8) is 0 Å². The molecule has 1 aromatic heterocycles. The second-order valence-corrected chi connectivity index (χ2v) is 9.29. The minimum Gasteiger partial charge on any atom is -0.352 e. The lowest BCUT2D eigenvalue weighted by Gasteiger charge is -2.13. The van der Waals surface area contributed by atoms with Gasteiger partial charge in [-0.25, -0.2) is 13.4 Å². The van der Waals surface area contributed by atoms with Gasteiger partial charge < -0.3 is 10.3 Å². The Labute approximate surface area is 187 Å². The molecule has 0 radical (unpaired) electrons. The van der Waals surface area contributed by atoms with E-state index in [9.17, 15) is 13.2 Å². The zero-order chi connectivity index (χ0) is 22.7. The van der Waals surface area contributed by atoms with Crippen LogP contribution >= 0.6 is 0 Å². The van der Waals surface area contributed by atoms with Gasteiger partial charge in [-0.05, 0) is 55.3 Å². The van der Waals surface area contributed by atoms with E-state index in [-0.39, 0.29) is 10.8 Å². The molecule has 4 rings (SSSR count). The number of hydrogen-bond donors (Lipinski definition) is 3. The van der Waals surface area contributed by atoms with Crippen LogP contribution in [0, 0.1) is 13.8 Å². The monoisotopic (exact) mass is 448 g/mol. The third kappa shape index (κ3) is 4.65. The number of hydrogen-bond acceptors (Lipinski definition) is 4. The molecule has 0 aliphatic carbocycles. The van der Waals surface area contributed by atoms with Gasteiger partial charge in [0.15, 0.2) is 0 Å². The molecule has 0 aliphatic heterocycles. The highest BCUT2D eigenvalue weighted by molar-refractivity contribution is 7.92. The quantitative estimate of drug-likeness (QED) is 0.398. The molecular formula is C24H24N4O3S. The highest BCUT2D eigenvalue weighted by atomic mass is 32.2. The average Bonchev–Trinajstić information content (AvgIpc) is 3.18. The number of nitrogens with one attached hydrogen (secondary N) is 3. The van der Waals surface area contributed by atoms with E-state index in [0.29, 0.717) is 29.8 Å². The van der Waals surface area contributed by atoms with E-state index in [1.54, 1.807) is 25.1 Å². The molecule has 1 amide bonds. The molecule has 0 unspecified atom stereocenters. The van der Waals surface area contributed by atoms with Crippen LogP contribution in [-0.2, 0) is 16.4 Å². The summed E-state index contributed by atoms with van der Waals surface area (Å²) in [6.45, 7) is 3.98. The van der Waals surface area contributed by atoms with Crippen LogP contribution in [0.15, 0.2) is 71.6 Å². The van der Waals surface area contributed by atoms with E-state index >= 15 is 0 Å². The van der Waals surface area contributed by atoms with Crippen molar-refractivity contribution in [1.29, 1.82) is 0 Å². The summed E-state index contributed by atoms with van der Waals surface area (Å²) in [6, 6.07) is 19.4. The van der Waals surface area contributed by atoms with E-state index in [0.717, 1.165) is 22.4 Å². The summed E-state index contributed by atoms with van der Waals surface area (Å²) in [5.74, 6) is 0.452. The molecule has 8 heteroatoms. The molecule has 0 fully saturated rings. The average molecular weight is 449 g/mol. The summed E-state index contributed by atoms with van der Waals surface area (Å²) in [5.41, 5.74) is 4.16. The van der Waals surface area contributed by atoms with Crippen LogP contribution in [0.3, 0.4) is 0 Å². The minimum absolute atomic E-state index is 0.0359. The minimum atomic E-state index is -3.83. The Bertz CT molecular complexity index is 1360.